The first-order chi connectivity index (χ1) is 6.27. The second-order valence-electron chi connectivity index (χ2n) is 2.79. The van der Waals surface area contributed by atoms with Crippen LogP contribution in [0.1, 0.15) is 18.5 Å². The van der Waals surface area contributed by atoms with E-state index in [0.717, 1.165) is 11.3 Å². The Morgan fingerprint density at radius 1 is 1.38 bits per heavy atom. The van der Waals surface area contributed by atoms with Gasteiger partial charge in [0.2, 0.25) is 0 Å². The Morgan fingerprint density at radius 3 is 2.46 bits per heavy atom. The summed E-state index contributed by atoms with van der Waals surface area (Å²) >= 11 is 1.80. The van der Waals surface area contributed by atoms with Gasteiger partial charge in [0.05, 0.1) is 12.6 Å². The van der Waals surface area contributed by atoms with Gasteiger partial charge in [-0.15, -0.1) is 11.8 Å². The van der Waals surface area contributed by atoms with E-state index in [1.54, 1.807) is 11.8 Å². The van der Waals surface area contributed by atoms with Gasteiger partial charge >= 0.3 is 0 Å². The third-order valence-electron chi connectivity index (χ3n) is 1.82. The summed E-state index contributed by atoms with van der Waals surface area (Å²) in [6, 6.07) is 7.77. The Morgan fingerprint density at radius 2 is 2.00 bits per heavy atom. The highest BCUT2D eigenvalue weighted by atomic mass is 32.2. The fourth-order valence-corrected chi connectivity index (χ4v) is 1.75. The van der Waals surface area contributed by atoms with Crippen LogP contribution in [0.3, 0.4) is 0 Å². The van der Waals surface area contributed by atoms with E-state index >= 15 is 0 Å². The minimum absolute atomic E-state index is 0.000265. The van der Waals surface area contributed by atoms with Gasteiger partial charge in [-0.3, -0.25) is 0 Å². The van der Waals surface area contributed by atoms with E-state index < -0.39 is 0 Å². The third kappa shape index (κ3) is 3.03. The van der Waals surface area contributed by atoms with Gasteiger partial charge in [0.1, 0.15) is 0 Å². The molecule has 0 saturated carbocycles. The van der Waals surface area contributed by atoms with Crippen molar-refractivity contribution in [2.24, 2.45) is 5.73 Å². The predicted octanol–water partition coefficient (Wildman–Crippen LogP) is 1.79. The minimum atomic E-state index is -0.249. The fourth-order valence-electron chi connectivity index (χ4n) is 1.08. The Bertz CT molecular complexity index is 248. The van der Waals surface area contributed by atoms with E-state index in [1.807, 2.05) is 24.3 Å². The first kappa shape index (κ1) is 10.6. The monoisotopic (exact) mass is 197 g/mol. The van der Waals surface area contributed by atoms with Crippen LogP contribution >= 0.6 is 11.8 Å². The summed E-state index contributed by atoms with van der Waals surface area (Å²) < 4.78 is 0. The van der Waals surface area contributed by atoms with Crippen LogP contribution in [0.15, 0.2) is 29.2 Å². The highest BCUT2D eigenvalue weighted by Crippen LogP contribution is 2.19. The molecule has 0 bridgehead atoms. The normalized spacial score (nSPS) is 12.8. The van der Waals surface area contributed by atoms with Crippen LogP contribution in [-0.4, -0.2) is 17.5 Å². The molecule has 13 heavy (non-hydrogen) atoms. The Hall–Kier alpha value is -0.510. The topological polar surface area (TPSA) is 46.2 Å². The van der Waals surface area contributed by atoms with Crippen molar-refractivity contribution in [3.63, 3.8) is 0 Å². The number of hydrogen-bond donors (Lipinski definition) is 2. The quantitative estimate of drug-likeness (QED) is 0.723. The third-order valence-corrected chi connectivity index (χ3v) is 2.71. The van der Waals surface area contributed by atoms with Crippen molar-refractivity contribution in [3.05, 3.63) is 29.8 Å². The number of hydrogen-bond acceptors (Lipinski definition) is 3. The first-order valence-corrected chi connectivity index (χ1v) is 5.35. The molecule has 0 aliphatic carbocycles. The maximum atomic E-state index is 8.83. The van der Waals surface area contributed by atoms with Gasteiger partial charge in [0.15, 0.2) is 0 Å². The van der Waals surface area contributed by atoms with Crippen molar-refractivity contribution < 1.29 is 5.11 Å². The molecule has 0 radical (unpaired) electrons. The van der Waals surface area contributed by atoms with Crippen LogP contribution in [0.25, 0.3) is 0 Å². The Labute approximate surface area is 83.1 Å². The van der Waals surface area contributed by atoms with Gasteiger partial charge in [-0.25, -0.2) is 0 Å². The number of nitrogens with two attached hydrogens (primary N) is 1. The summed E-state index contributed by atoms with van der Waals surface area (Å²) in [5.74, 6) is 1.07. The molecule has 0 aromatic heterocycles. The zero-order chi connectivity index (χ0) is 9.68. The average Bonchev–Trinajstić information content (AvgIpc) is 2.18. The van der Waals surface area contributed by atoms with Gasteiger partial charge in [-0.2, -0.15) is 0 Å². The Kier molecular flexibility index (Phi) is 4.28. The lowest BCUT2D eigenvalue weighted by Gasteiger charge is -2.08. The van der Waals surface area contributed by atoms with E-state index in [2.05, 4.69) is 6.92 Å². The van der Waals surface area contributed by atoms with Gasteiger partial charge in [0.25, 0.3) is 0 Å². The van der Waals surface area contributed by atoms with Crippen LogP contribution in [0, 0.1) is 0 Å². The second kappa shape index (κ2) is 5.27. The summed E-state index contributed by atoms with van der Waals surface area (Å²) in [7, 11) is 0. The zero-order valence-corrected chi connectivity index (χ0v) is 8.55. The van der Waals surface area contributed by atoms with Crippen molar-refractivity contribution in [2.75, 3.05) is 12.4 Å². The van der Waals surface area contributed by atoms with Crippen LogP contribution in [0.5, 0.6) is 0 Å². The molecule has 0 aliphatic rings. The molecule has 1 aromatic rings. The van der Waals surface area contributed by atoms with E-state index in [9.17, 15) is 0 Å². The van der Waals surface area contributed by atoms with E-state index in [1.165, 1.54) is 4.90 Å². The molecule has 1 rings (SSSR count). The van der Waals surface area contributed by atoms with Gasteiger partial charge < -0.3 is 10.8 Å². The zero-order valence-electron chi connectivity index (χ0n) is 7.73. The standard InChI is InChI=1S/C10H15NOS/c1-2-13-9-5-3-8(4-6-9)10(11)7-12/h3-6,10,12H,2,7,11H2,1H3/t10-/m1/s1. The molecular weight excluding hydrogens is 182 g/mol. The largest absolute Gasteiger partial charge is 0.394 e. The Balaban J connectivity index is 2.69. The van der Waals surface area contributed by atoms with E-state index in [0.29, 0.717) is 0 Å². The second-order valence-corrected chi connectivity index (χ2v) is 4.13. The molecule has 3 heteroatoms. The molecule has 0 aliphatic heterocycles. The number of benzene rings is 1. The number of rotatable bonds is 4. The molecule has 2 nitrogen and oxygen atoms in total. The van der Waals surface area contributed by atoms with Crippen LogP contribution in [0.4, 0.5) is 0 Å². The van der Waals surface area contributed by atoms with Gasteiger partial charge in [0, 0.05) is 4.90 Å². The molecule has 1 aromatic carbocycles. The molecule has 0 saturated heterocycles. The molecule has 0 heterocycles. The lowest BCUT2D eigenvalue weighted by Crippen LogP contribution is -2.14. The van der Waals surface area contributed by atoms with Gasteiger partial charge in [-0.1, -0.05) is 19.1 Å². The summed E-state index contributed by atoms with van der Waals surface area (Å²) in [6.07, 6.45) is 0. The smallest absolute Gasteiger partial charge is 0.0624 e. The maximum absolute atomic E-state index is 8.83. The molecule has 0 fully saturated rings. The summed E-state index contributed by atoms with van der Waals surface area (Å²) in [4.78, 5) is 1.25. The molecule has 72 valence electrons. The average molecular weight is 197 g/mol. The predicted molar refractivity (Wildman–Crippen MR) is 56.9 cm³/mol. The van der Waals surface area contributed by atoms with E-state index in [4.69, 9.17) is 10.8 Å². The van der Waals surface area contributed by atoms with Crippen molar-refractivity contribution in [1.82, 2.24) is 0 Å². The van der Waals surface area contributed by atoms with Crippen LogP contribution in [0.2, 0.25) is 0 Å². The lowest BCUT2D eigenvalue weighted by molar-refractivity contribution is 0.268. The first-order valence-electron chi connectivity index (χ1n) is 4.37. The van der Waals surface area contributed by atoms with E-state index in [-0.39, 0.29) is 12.6 Å². The van der Waals surface area contributed by atoms with Crippen LogP contribution < -0.4 is 5.73 Å². The molecule has 0 spiro atoms. The molecule has 1 atom stereocenters. The maximum Gasteiger partial charge on any atom is 0.0624 e. The minimum Gasteiger partial charge on any atom is -0.394 e. The lowest BCUT2D eigenvalue weighted by atomic mass is 10.1. The molecular formula is C10H15NOS. The van der Waals surface area contributed by atoms with Crippen molar-refractivity contribution in [2.45, 2.75) is 17.9 Å². The van der Waals surface area contributed by atoms with Crippen molar-refractivity contribution >= 4 is 11.8 Å². The summed E-state index contributed by atoms with van der Waals surface area (Å²) in [5, 5.41) is 8.83. The number of aliphatic hydroxyl groups is 1. The van der Waals surface area contributed by atoms with Crippen molar-refractivity contribution in [1.29, 1.82) is 0 Å². The van der Waals surface area contributed by atoms with Crippen molar-refractivity contribution in [3.8, 4) is 0 Å². The molecule has 0 amide bonds. The highest BCUT2D eigenvalue weighted by Gasteiger charge is 2.02. The highest BCUT2D eigenvalue weighted by molar-refractivity contribution is 7.99. The summed E-state index contributed by atoms with van der Waals surface area (Å²) in [5.41, 5.74) is 6.65. The molecule has 0 unspecified atom stereocenters. The summed E-state index contributed by atoms with van der Waals surface area (Å²) in [6.45, 7) is 2.12. The fraction of sp³-hybridized carbons (Fsp3) is 0.400. The SMILES string of the molecule is CCSc1ccc([C@H](N)CO)cc1. The molecule has 3 N–H and O–H groups in total. The number of aliphatic hydroxyl groups excluding tert-OH is 1. The van der Waals surface area contributed by atoms with Crippen LogP contribution in [-0.2, 0) is 0 Å². The number of thioether (sulfide) groups is 1. The van der Waals surface area contributed by atoms with Gasteiger partial charge in [-0.05, 0) is 23.4 Å².